The third kappa shape index (κ3) is 3.20. The number of hydrogen-bond acceptors (Lipinski definition) is 6. The van der Waals surface area contributed by atoms with Gasteiger partial charge in [0.1, 0.15) is 17.6 Å². The van der Waals surface area contributed by atoms with Gasteiger partial charge in [-0.15, -0.1) is 0 Å². The molecule has 0 unspecified atom stereocenters. The van der Waals surface area contributed by atoms with Crippen LogP contribution >= 0.6 is 0 Å². The summed E-state index contributed by atoms with van der Waals surface area (Å²) in [5.41, 5.74) is 0.436. The topological polar surface area (TPSA) is 96.4 Å². The van der Waals surface area contributed by atoms with Crippen molar-refractivity contribution in [3.8, 4) is 5.75 Å². The molecule has 0 aromatic heterocycles. The number of Topliss-reactive ketones (excluding diaryl/α,β-unsaturated/α-hetero) is 1. The van der Waals surface area contributed by atoms with Crippen LogP contribution in [0.3, 0.4) is 0 Å². The van der Waals surface area contributed by atoms with Crippen LogP contribution in [0, 0.1) is 0 Å². The summed E-state index contributed by atoms with van der Waals surface area (Å²) in [5, 5.41) is 11.6. The van der Waals surface area contributed by atoms with E-state index in [4.69, 9.17) is 9.47 Å². The number of ether oxygens (including phenoxy) is 2. The first kappa shape index (κ1) is 23.1. The van der Waals surface area contributed by atoms with E-state index < -0.39 is 23.1 Å². The lowest BCUT2D eigenvalue weighted by atomic mass is 9.81. The van der Waals surface area contributed by atoms with Crippen molar-refractivity contribution in [3.63, 3.8) is 0 Å². The highest BCUT2D eigenvalue weighted by molar-refractivity contribution is 6.50. The van der Waals surface area contributed by atoms with E-state index in [-0.39, 0.29) is 30.6 Å². The lowest BCUT2D eigenvalue weighted by Gasteiger charge is -2.34. The molecule has 8 nitrogen and oxygen atoms in total. The summed E-state index contributed by atoms with van der Waals surface area (Å²) < 4.78 is 11.0. The average molecular weight is 477 g/mol. The third-order valence-electron chi connectivity index (χ3n) is 6.94. The Balaban J connectivity index is 1.77. The number of aliphatic hydroxyl groups is 1. The first-order valence-electron chi connectivity index (χ1n) is 11.9. The number of carbonyl (C=O) groups excluding carboxylic acids is 3. The fourth-order valence-electron chi connectivity index (χ4n) is 5.51. The summed E-state index contributed by atoms with van der Waals surface area (Å²) in [6.07, 6.45) is 1.35. The van der Waals surface area contributed by atoms with Gasteiger partial charge >= 0.3 is 0 Å². The lowest BCUT2D eigenvalue weighted by molar-refractivity contribution is -0.144. The fourth-order valence-corrected chi connectivity index (χ4v) is 5.51. The van der Waals surface area contributed by atoms with E-state index in [0.717, 1.165) is 11.3 Å². The number of carbonyl (C=O) groups is 3. The Labute approximate surface area is 203 Å². The molecular formula is C27H28N2O6. The molecule has 3 heterocycles. The summed E-state index contributed by atoms with van der Waals surface area (Å²) in [5.74, 6) is -1.78. The average Bonchev–Trinajstić information content (AvgIpc) is 3.42. The second kappa shape index (κ2) is 8.53. The van der Waals surface area contributed by atoms with Crippen LogP contribution in [0.15, 0.2) is 48.0 Å². The number of benzene rings is 2. The van der Waals surface area contributed by atoms with Crippen LogP contribution in [-0.4, -0.2) is 60.5 Å². The van der Waals surface area contributed by atoms with E-state index in [1.807, 2.05) is 26.0 Å². The number of amides is 2. The van der Waals surface area contributed by atoms with Gasteiger partial charge in [0.25, 0.3) is 17.6 Å². The summed E-state index contributed by atoms with van der Waals surface area (Å²) in [6, 6.07) is 12.3. The molecule has 0 saturated carbocycles. The highest BCUT2D eigenvalue weighted by Crippen LogP contribution is 2.53. The molecule has 0 aliphatic carbocycles. The Morgan fingerprint density at radius 3 is 2.69 bits per heavy atom. The number of nitrogens with zero attached hydrogens (tertiary/aromatic N) is 2. The van der Waals surface area contributed by atoms with Gasteiger partial charge in [-0.3, -0.25) is 14.4 Å². The zero-order valence-corrected chi connectivity index (χ0v) is 20.0. The minimum atomic E-state index is -1.76. The van der Waals surface area contributed by atoms with E-state index >= 15 is 0 Å². The van der Waals surface area contributed by atoms with E-state index in [2.05, 4.69) is 0 Å². The molecule has 2 atom stereocenters. The Morgan fingerprint density at radius 1 is 1.17 bits per heavy atom. The summed E-state index contributed by atoms with van der Waals surface area (Å²) in [4.78, 5) is 43.9. The SMILES string of the molecule is CCCN1C(=O)[C@@]2(C(=C(O)c3ccc4c(c3)C[C@H](C)O4)C(=O)C(=O)N2CCOC)c2ccccc21. The van der Waals surface area contributed by atoms with Gasteiger partial charge in [0.2, 0.25) is 0 Å². The van der Waals surface area contributed by atoms with Gasteiger partial charge < -0.3 is 24.4 Å². The minimum absolute atomic E-state index is 0.00602. The summed E-state index contributed by atoms with van der Waals surface area (Å²) >= 11 is 0. The number of rotatable bonds is 6. The predicted octanol–water partition coefficient (Wildman–Crippen LogP) is 2.99. The van der Waals surface area contributed by atoms with Gasteiger partial charge in [-0.1, -0.05) is 25.1 Å². The number of methoxy groups -OCH3 is 1. The zero-order chi connectivity index (χ0) is 24.9. The largest absolute Gasteiger partial charge is 0.507 e. The van der Waals surface area contributed by atoms with Gasteiger partial charge in [-0.2, -0.15) is 0 Å². The number of para-hydroxylation sites is 1. The Hall–Kier alpha value is -3.65. The van der Waals surface area contributed by atoms with Crippen LogP contribution in [0.4, 0.5) is 5.69 Å². The van der Waals surface area contributed by atoms with Crippen molar-refractivity contribution in [2.45, 2.75) is 38.3 Å². The first-order chi connectivity index (χ1) is 16.9. The van der Waals surface area contributed by atoms with Gasteiger partial charge in [0.05, 0.1) is 17.9 Å². The lowest BCUT2D eigenvalue weighted by Crippen LogP contribution is -2.52. The Kier molecular flexibility index (Phi) is 5.63. The maximum atomic E-state index is 14.2. The standard InChI is InChI=1S/C27H28N2O6/c1-4-11-28-20-8-6-5-7-19(20)27(26(28)33)22(24(31)25(32)29(27)12-13-34-3)23(30)17-9-10-21-18(15-17)14-16(2)35-21/h5-10,15-16,30H,4,11-14H2,1-3H3/t16-,27-/m0/s1. The Morgan fingerprint density at radius 2 is 1.94 bits per heavy atom. The molecule has 35 heavy (non-hydrogen) atoms. The van der Waals surface area contributed by atoms with Crippen molar-refractivity contribution in [2.75, 3.05) is 31.7 Å². The molecule has 3 aliphatic heterocycles. The molecule has 1 fully saturated rings. The van der Waals surface area contributed by atoms with E-state index in [9.17, 15) is 19.5 Å². The monoisotopic (exact) mass is 476 g/mol. The molecule has 0 radical (unpaired) electrons. The van der Waals surface area contributed by atoms with Crippen LogP contribution in [0.2, 0.25) is 0 Å². The second-order valence-electron chi connectivity index (χ2n) is 9.14. The first-order valence-corrected chi connectivity index (χ1v) is 11.9. The number of ketones is 1. The van der Waals surface area contributed by atoms with E-state index in [1.165, 1.54) is 12.0 Å². The smallest absolute Gasteiger partial charge is 0.296 e. The quantitative estimate of drug-likeness (QED) is 0.391. The molecule has 2 aromatic rings. The molecule has 1 saturated heterocycles. The molecule has 1 spiro atoms. The number of likely N-dealkylation sites (tertiary alicyclic amines) is 1. The Bertz CT molecular complexity index is 1270. The van der Waals surface area contributed by atoms with Crippen LogP contribution < -0.4 is 9.64 Å². The normalized spacial score (nSPS) is 24.3. The van der Waals surface area contributed by atoms with E-state index in [1.54, 1.807) is 35.2 Å². The van der Waals surface area contributed by atoms with Crippen molar-refractivity contribution in [2.24, 2.45) is 0 Å². The third-order valence-corrected chi connectivity index (χ3v) is 6.94. The highest BCUT2D eigenvalue weighted by atomic mass is 16.5. The number of aliphatic hydroxyl groups excluding tert-OH is 1. The molecule has 8 heteroatoms. The predicted molar refractivity (Wildman–Crippen MR) is 129 cm³/mol. The molecule has 3 aliphatic rings. The van der Waals surface area contributed by atoms with Gasteiger partial charge in [-0.05, 0) is 43.2 Å². The molecular weight excluding hydrogens is 448 g/mol. The van der Waals surface area contributed by atoms with Gasteiger partial charge in [-0.25, -0.2) is 0 Å². The van der Waals surface area contributed by atoms with Crippen LogP contribution in [-0.2, 0) is 31.1 Å². The maximum Gasteiger partial charge on any atom is 0.296 e. The molecule has 182 valence electrons. The molecule has 1 N–H and O–H groups in total. The van der Waals surface area contributed by atoms with Crippen molar-refractivity contribution in [1.82, 2.24) is 4.90 Å². The highest BCUT2D eigenvalue weighted by Gasteiger charge is 2.66. The maximum absolute atomic E-state index is 14.2. The molecule has 5 rings (SSSR count). The van der Waals surface area contributed by atoms with Crippen LogP contribution in [0.1, 0.15) is 37.0 Å². The zero-order valence-electron chi connectivity index (χ0n) is 20.0. The summed E-state index contributed by atoms with van der Waals surface area (Å²) in [7, 11) is 1.49. The molecule has 2 aromatic carbocycles. The summed E-state index contributed by atoms with van der Waals surface area (Å²) in [6.45, 7) is 4.48. The second-order valence-corrected chi connectivity index (χ2v) is 9.14. The molecule has 2 amide bonds. The minimum Gasteiger partial charge on any atom is -0.507 e. The number of hydrogen-bond donors (Lipinski definition) is 1. The van der Waals surface area contributed by atoms with E-state index in [0.29, 0.717) is 36.2 Å². The van der Waals surface area contributed by atoms with Crippen LogP contribution in [0.5, 0.6) is 5.75 Å². The van der Waals surface area contributed by atoms with Crippen molar-refractivity contribution in [1.29, 1.82) is 0 Å². The van der Waals surface area contributed by atoms with Crippen LogP contribution in [0.25, 0.3) is 5.76 Å². The van der Waals surface area contributed by atoms with Crippen molar-refractivity contribution < 1.29 is 29.0 Å². The molecule has 0 bridgehead atoms. The van der Waals surface area contributed by atoms with Crippen molar-refractivity contribution in [3.05, 3.63) is 64.7 Å². The number of anilines is 1. The van der Waals surface area contributed by atoms with Gasteiger partial charge in [0.15, 0.2) is 5.54 Å². The fraction of sp³-hybridized carbons (Fsp3) is 0.370. The number of fused-ring (bicyclic) bond motifs is 3. The van der Waals surface area contributed by atoms with Gasteiger partial charge in [0, 0.05) is 37.7 Å². The van der Waals surface area contributed by atoms with Crippen molar-refractivity contribution >= 4 is 29.0 Å².